The molecule has 3 nitrogen and oxygen atoms in total. The van der Waals surface area contributed by atoms with E-state index in [1.165, 1.54) is 6.07 Å². The molecule has 0 spiro atoms. The summed E-state index contributed by atoms with van der Waals surface area (Å²) in [6, 6.07) is 3.03. The van der Waals surface area contributed by atoms with E-state index < -0.39 is 0 Å². The number of ether oxygens (including phenoxy) is 1. The Hall–Kier alpha value is -1.45. The van der Waals surface area contributed by atoms with Gasteiger partial charge in [0, 0.05) is 25.2 Å². The maximum absolute atomic E-state index is 14.1. The van der Waals surface area contributed by atoms with Crippen molar-refractivity contribution >= 4 is 11.4 Å². The van der Waals surface area contributed by atoms with Gasteiger partial charge in [0.15, 0.2) is 0 Å². The van der Waals surface area contributed by atoms with Gasteiger partial charge in [0.1, 0.15) is 11.6 Å². The Morgan fingerprint density at radius 2 is 1.89 bits per heavy atom. The second kappa shape index (κ2) is 7.22. The van der Waals surface area contributed by atoms with Crippen molar-refractivity contribution < 1.29 is 9.13 Å². The van der Waals surface area contributed by atoms with Crippen LogP contribution in [0.3, 0.4) is 0 Å². The van der Waals surface area contributed by atoms with Crippen molar-refractivity contribution in [1.29, 1.82) is 0 Å². The lowest BCUT2D eigenvalue weighted by atomic mass is 10.0. The van der Waals surface area contributed by atoms with Gasteiger partial charge in [0.05, 0.1) is 18.5 Å². The Morgan fingerprint density at radius 3 is 2.37 bits per heavy atom. The van der Waals surface area contributed by atoms with Gasteiger partial charge in [-0.1, -0.05) is 26.7 Å². The zero-order valence-corrected chi connectivity index (χ0v) is 12.4. The van der Waals surface area contributed by atoms with Crippen LogP contribution in [-0.2, 0) is 0 Å². The molecule has 0 fully saturated rings. The number of nitrogen functional groups attached to an aromatic ring is 1. The molecular weight excluding hydrogens is 243 g/mol. The summed E-state index contributed by atoms with van der Waals surface area (Å²) in [6.07, 6.45) is 2.20. The van der Waals surface area contributed by atoms with E-state index in [4.69, 9.17) is 10.5 Å². The third-order valence-corrected chi connectivity index (χ3v) is 3.65. The molecule has 0 aliphatic rings. The number of nitrogens with two attached hydrogens (primary N) is 1. The van der Waals surface area contributed by atoms with E-state index in [9.17, 15) is 4.39 Å². The van der Waals surface area contributed by atoms with E-state index in [0.29, 0.717) is 23.0 Å². The van der Waals surface area contributed by atoms with Gasteiger partial charge in [-0.25, -0.2) is 4.39 Å². The third kappa shape index (κ3) is 3.75. The van der Waals surface area contributed by atoms with Crippen LogP contribution < -0.4 is 15.4 Å². The van der Waals surface area contributed by atoms with Gasteiger partial charge in [-0.15, -0.1) is 0 Å². The van der Waals surface area contributed by atoms with Gasteiger partial charge in [-0.2, -0.15) is 0 Å². The minimum atomic E-state index is -0.286. The molecule has 0 bridgehead atoms. The van der Waals surface area contributed by atoms with Crippen molar-refractivity contribution in [2.45, 2.75) is 33.6 Å². The highest BCUT2D eigenvalue weighted by Crippen LogP contribution is 2.31. The van der Waals surface area contributed by atoms with Crippen molar-refractivity contribution in [3.8, 4) is 5.75 Å². The topological polar surface area (TPSA) is 38.5 Å². The molecule has 0 amide bonds. The molecule has 0 heterocycles. The summed E-state index contributed by atoms with van der Waals surface area (Å²) in [5.74, 6) is 0.813. The minimum Gasteiger partial charge on any atom is -0.495 e. The molecule has 0 aliphatic carbocycles. The summed E-state index contributed by atoms with van der Waals surface area (Å²) in [6.45, 7) is 7.99. The van der Waals surface area contributed by atoms with E-state index in [2.05, 4.69) is 18.7 Å². The molecule has 0 atom stereocenters. The minimum absolute atomic E-state index is 0.286. The van der Waals surface area contributed by atoms with Crippen LogP contribution in [0, 0.1) is 11.7 Å². The van der Waals surface area contributed by atoms with Crippen LogP contribution in [0.2, 0.25) is 0 Å². The van der Waals surface area contributed by atoms with Crippen molar-refractivity contribution in [3.05, 3.63) is 17.9 Å². The largest absolute Gasteiger partial charge is 0.495 e. The second-order valence-electron chi connectivity index (χ2n) is 4.77. The van der Waals surface area contributed by atoms with Crippen LogP contribution in [0.15, 0.2) is 12.1 Å². The van der Waals surface area contributed by atoms with Gasteiger partial charge in [-0.3, -0.25) is 0 Å². The molecule has 2 N–H and O–H groups in total. The number of methoxy groups -OCH3 is 1. The average molecular weight is 268 g/mol. The predicted octanol–water partition coefficient (Wildman–Crippen LogP) is 3.68. The van der Waals surface area contributed by atoms with E-state index >= 15 is 0 Å². The molecule has 1 rings (SSSR count). The molecule has 0 saturated carbocycles. The fraction of sp³-hybridized carbons (Fsp3) is 0.600. The number of hydrogen-bond acceptors (Lipinski definition) is 3. The molecule has 19 heavy (non-hydrogen) atoms. The molecule has 0 unspecified atom stereocenters. The maximum Gasteiger partial charge on any atom is 0.148 e. The normalized spacial score (nSPS) is 10.8. The summed E-state index contributed by atoms with van der Waals surface area (Å²) in [7, 11) is 1.55. The summed E-state index contributed by atoms with van der Waals surface area (Å²) in [5.41, 5.74) is 6.62. The Bertz CT molecular complexity index is 405. The maximum atomic E-state index is 14.1. The van der Waals surface area contributed by atoms with Crippen LogP contribution in [0.5, 0.6) is 5.75 Å². The second-order valence-corrected chi connectivity index (χ2v) is 4.77. The van der Waals surface area contributed by atoms with Crippen LogP contribution in [-0.4, -0.2) is 20.2 Å². The molecular formula is C15H25FN2O. The average Bonchev–Trinajstić information content (AvgIpc) is 2.41. The number of nitrogens with zero attached hydrogens (tertiary/aromatic N) is 1. The molecule has 0 aliphatic heterocycles. The van der Waals surface area contributed by atoms with Crippen molar-refractivity contribution in [2.24, 2.45) is 5.92 Å². The van der Waals surface area contributed by atoms with Gasteiger partial charge in [0.2, 0.25) is 0 Å². The Balaban J connectivity index is 3.03. The van der Waals surface area contributed by atoms with E-state index in [0.717, 1.165) is 25.9 Å². The fourth-order valence-corrected chi connectivity index (χ4v) is 2.23. The third-order valence-electron chi connectivity index (χ3n) is 3.65. The molecule has 0 saturated heterocycles. The van der Waals surface area contributed by atoms with Crippen molar-refractivity contribution in [2.75, 3.05) is 30.8 Å². The van der Waals surface area contributed by atoms with Crippen molar-refractivity contribution in [3.63, 3.8) is 0 Å². The lowest BCUT2D eigenvalue weighted by Gasteiger charge is -2.28. The highest BCUT2D eigenvalue weighted by molar-refractivity contribution is 5.63. The fourth-order valence-electron chi connectivity index (χ4n) is 2.23. The highest BCUT2D eigenvalue weighted by Gasteiger charge is 2.16. The van der Waals surface area contributed by atoms with E-state index in [1.807, 2.05) is 6.92 Å². The molecule has 0 radical (unpaired) electrons. The van der Waals surface area contributed by atoms with E-state index in [1.54, 1.807) is 13.2 Å². The molecule has 0 aromatic heterocycles. The Kier molecular flexibility index (Phi) is 5.93. The summed E-state index contributed by atoms with van der Waals surface area (Å²) in [5, 5.41) is 0. The van der Waals surface area contributed by atoms with Crippen LogP contribution in [0.25, 0.3) is 0 Å². The zero-order valence-electron chi connectivity index (χ0n) is 12.4. The lowest BCUT2D eigenvalue weighted by molar-refractivity contribution is 0.415. The summed E-state index contributed by atoms with van der Waals surface area (Å²) in [4.78, 5) is 2.05. The quantitative estimate of drug-likeness (QED) is 0.767. The zero-order chi connectivity index (χ0) is 14.4. The lowest BCUT2D eigenvalue weighted by Crippen LogP contribution is -2.29. The number of hydrogen-bond donors (Lipinski definition) is 1. The van der Waals surface area contributed by atoms with Crippen LogP contribution in [0.1, 0.15) is 33.6 Å². The first-order chi connectivity index (χ1) is 9.07. The first kappa shape index (κ1) is 15.6. The number of rotatable bonds is 7. The number of halogens is 1. The predicted molar refractivity (Wildman–Crippen MR) is 79.3 cm³/mol. The van der Waals surface area contributed by atoms with Gasteiger partial charge >= 0.3 is 0 Å². The van der Waals surface area contributed by atoms with Crippen LogP contribution >= 0.6 is 0 Å². The molecule has 1 aromatic rings. The van der Waals surface area contributed by atoms with Gasteiger partial charge < -0.3 is 15.4 Å². The molecule has 108 valence electrons. The monoisotopic (exact) mass is 268 g/mol. The Morgan fingerprint density at radius 1 is 1.26 bits per heavy atom. The van der Waals surface area contributed by atoms with Crippen molar-refractivity contribution in [1.82, 2.24) is 0 Å². The summed E-state index contributed by atoms with van der Waals surface area (Å²) < 4.78 is 19.3. The van der Waals surface area contributed by atoms with Gasteiger partial charge in [0.25, 0.3) is 0 Å². The molecule has 1 aromatic carbocycles. The highest BCUT2D eigenvalue weighted by atomic mass is 19.1. The number of benzene rings is 1. The van der Waals surface area contributed by atoms with E-state index in [-0.39, 0.29) is 5.82 Å². The molecule has 4 heteroatoms. The number of anilines is 2. The summed E-state index contributed by atoms with van der Waals surface area (Å²) >= 11 is 0. The first-order valence-electron chi connectivity index (χ1n) is 6.95. The SMILES string of the molecule is CCC(CC)CN(CC)c1cc(OC)c(N)cc1F. The first-order valence-corrected chi connectivity index (χ1v) is 6.95. The van der Waals surface area contributed by atoms with Gasteiger partial charge in [-0.05, 0) is 12.8 Å². The standard InChI is InChI=1S/C15H25FN2O/c1-5-11(6-2)10-18(7-3)14-9-15(19-4)13(17)8-12(14)16/h8-9,11H,5-7,10,17H2,1-4H3. The van der Waals surface area contributed by atoms with Crippen LogP contribution in [0.4, 0.5) is 15.8 Å². The smallest absolute Gasteiger partial charge is 0.148 e. The Labute approximate surface area is 115 Å².